The van der Waals surface area contributed by atoms with Crippen molar-refractivity contribution in [2.24, 2.45) is 0 Å². The lowest BCUT2D eigenvalue weighted by molar-refractivity contribution is 0.0601. The minimum atomic E-state index is -0.784. The molecule has 0 bridgehead atoms. The predicted molar refractivity (Wildman–Crippen MR) is 124 cm³/mol. The van der Waals surface area contributed by atoms with E-state index in [0.29, 0.717) is 5.57 Å². The van der Waals surface area contributed by atoms with Crippen molar-refractivity contribution in [3.05, 3.63) is 118 Å². The van der Waals surface area contributed by atoms with Crippen LogP contribution in [0.15, 0.2) is 96.3 Å². The van der Waals surface area contributed by atoms with Crippen molar-refractivity contribution in [1.29, 1.82) is 0 Å². The lowest BCUT2D eigenvalue weighted by atomic mass is 9.59. The molecule has 0 aliphatic heterocycles. The first-order chi connectivity index (χ1) is 14.5. The summed E-state index contributed by atoms with van der Waals surface area (Å²) in [5, 5.41) is 24.0. The summed E-state index contributed by atoms with van der Waals surface area (Å²) >= 11 is 1.75. The highest BCUT2D eigenvalue weighted by Gasteiger charge is 2.54. The van der Waals surface area contributed by atoms with Gasteiger partial charge in [-0.25, -0.2) is 0 Å². The van der Waals surface area contributed by atoms with Gasteiger partial charge in [0.05, 0.1) is 11.5 Å². The van der Waals surface area contributed by atoms with Crippen LogP contribution in [0.1, 0.15) is 34.4 Å². The van der Waals surface area contributed by atoms with Crippen molar-refractivity contribution in [3.8, 4) is 0 Å². The Hall–Kier alpha value is -2.88. The van der Waals surface area contributed by atoms with Gasteiger partial charge in [0.1, 0.15) is 5.76 Å². The molecule has 150 valence electrons. The van der Waals surface area contributed by atoms with Crippen LogP contribution < -0.4 is 0 Å². The first-order valence-corrected chi connectivity index (χ1v) is 11.0. The molecule has 30 heavy (non-hydrogen) atoms. The molecule has 0 saturated heterocycles. The second-order valence-corrected chi connectivity index (χ2v) is 9.29. The molecule has 0 radical (unpaired) electrons. The van der Waals surface area contributed by atoms with Gasteiger partial charge in [0, 0.05) is 21.1 Å². The SMILES string of the molecule is Cc1c(C(C2=C(O)C(C)(c3ccccc3)C2O)c2ccccc2)sc2ccccc12. The van der Waals surface area contributed by atoms with Crippen molar-refractivity contribution >= 4 is 21.4 Å². The molecule has 2 N–H and O–H groups in total. The van der Waals surface area contributed by atoms with Gasteiger partial charge in [0.25, 0.3) is 0 Å². The third-order valence-electron chi connectivity index (χ3n) is 6.57. The van der Waals surface area contributed by atoms with Crippen LogP contribution >= 0.6 is 11.3 Å². The molecule has 3 heteroatoms. The summed E-state index contributed by atoms with van der Waals surface area (Å²) in [6, 6.07) is 28.4. The van der Waals surface area contributed by atoms with Gasteiger partial charge in [-0.15, -0.1) is 11.3 Å². The fourth-order valence-electron chi connectivity index (χ4n) is 4.75. The molecule has 3 atom stereocenters. The summed E-state index contributed by atoms with van der Waals surface area (Å²) in [6.07, 6.45) is -0.755. The minimum absolute atomic E-state index is 0.171. The van der Waals surface area contributed by atoms with Crippen LogP contribution in [0, 0.1) is 6.92 Å². The van der Waals surface area contributed by atoms with Crippen LogP contribution in [0.5, 0.6) is 0 Å². The van der Waals surface area contributed by atoms with Gasteiger partial charge in [-0.2, -0.15) is 0 Å². The average molecular weight is 413 g/mol. The Morgan fingerprint density at radius 2 is 1.47 bits per heavy atom. The maximum atomic E-state index is 11.4. The van der Waals surface area contributed by atoms with E-state index in [9.17, 15) is 10.2 Å². The van der Waals surface area contributed by atoms with E-state index in [4.69, 9.17) is 0 Å². The van der Waals surface area contributed by atoms with Gasteiger partial charge in [-0.1, -0.05) is 78.9 Å². The Morgan fingerprint density at radius 1 is 0.867 bits per heavy atom. The quantitative estimate of drug-likeness (QED) is 0.402. The van der Waals surface area contributed by atoms with Gasteiger partial charge < -0.3 is 10.2 Å². The number of fused-ring (bicyclic) bond motifs is 1. The van der Waals surface area contributed by atoms with Crippen LogP contribution in [0.25, 0.3) is 10.1 Å². The molecule has 3 aromatic carbocycles. The first kappa shape index (κ1) is 19.1. The van der Waals surface area contributed by atoms with E-state index in [2.05, 4.69) is 43.3 Å². The number of rotatable bonds is 4. The zero-order chi connectivity index (χ0) is 20.9. The molecule has 5 rings (SSSR count). The van der Waals surface area contributed by atoms with Crippen molar-refractivity contribution in [2.75, 3.05) is 0 Å². The lowest BCUT2D eigenvalue weighted by Gasteiger charge is -2.48. The third-order valence-corrected chi connectivity index (χ3v) is 7.90. The van der Waals surface area contributed by atoms with Crippen LogP contribution in [0.3, 0.4) is 0 Å². The van der Waals surface area contributed by atoms with Crippen LogP contribution in [0.2, 0.25) is 0 Å². The molecular weight excluding hydrogens is 388 g/mol. The zero-order valence-electron chi connectivity index (χ0n) is 17.0. The summed E-state index contributed by atoms with van der Waals surface area (Å²) in [5.74, 6) is 0.113. The molecule has 0 saturated carbocycles. The Kier molecular flexibility index (Phi) is 4.53. The predicted octanol–water partition coefficient (Wildman–Crippen LogP) is 6.49. The number of hydrogen-bond acceptors (Lipinski definition) is 3. The highest BCUT2D eigenvalue weighted by Crippen LogP contribution is 2.55. The van der Waals surface area contributed by atoms with Crippen LogP contribution in [-0.2, 0) is 5.41 Å². The van der Waals surface area contributed by atoms with E-state index < -0.39 is 11.5 Å². The van der Waals surface area contributed by atoms with E-state index in [0.717, 1.165) is 11.1 Å². The number of hydrogen-bond donors (Lipinski definition) is 2. The standard InChI is InChI=1S/C27H24O2S/c1-17-20-15-9-10-16-21(20)30-24(17)22(18-11-5-3-6-12-18)23-25(28)27(2,26(23)29)19-13-7-4-8-14-19/h3-16,22,25,28-29H,1-2H3. The largest absolute Gasteiger partial charge is 0.511 e. The normalized spacial score (nSPS) is 22.2. The molecule has 0 spiro atoms. The lowest BCUT2D eigenvalue weighted by Crippen LogP contribution is -2.51. The van der Waals surface area contributed by atoms with Crippen LogP contribution in [-0.4, -0.2) is 16.3 Å². The number of thiophene rings is 1. The Morgan fingerprint density at radius 3 is 2.10 bits per heavy atom. The Bertz CT molecular complexity index is 1240. The monoisotopic (exact) mass is 412 g/mol. The first-order valence-electron chi connectivity index (χ1n) is 10.2. The molecule has 4 aromatic rings. The zero-order valence-corrected chi connectivity index (χ0v) is 17.9. The van der Waals surface area contributed by atoms with Gasteiger partial charge in [0.15, 0.2) is 0 Å². The molecule has 2 nitrogen and oxygen atoms in total. The Balaban J connectivity index is 1.72. The van der Waals surface area contributed by atoms with E-state index in [1.54, 1.807) is 11.3 Å². The van der Waals surface area contributed by atoms with Gasteiger partial charge >= 0.3 is 0 Å². The summed E-state index contributed by atoms with van der Waals surface area (Å²) in [4.78, 5) is 1.18. The summed E-state index contributed by atoms with van der Waals surface area (Å²) in [5.41, 5.74) is 3.16. The number of aliphatic hydroxyl groups excluding tert-OH is 2. The van der Waals surface area contributed by atoms with Crippen LogP contribution in [0.4, 0.5) is 0 Å². The van der Waals surface area contributed by atoms with Crippen molar-refractivity contribution in [3.63, 3.8) is 0 Å². The molecule has 1 aliphatic rings. The van der Waals surface area contributed by atoms with E-state index in [1.165, 1.54) is 20.5 Å². The van der Waals surface area contributed by atoms with E-state index in [1.807, 2.05) is 55.5 Å². The highest BCUT2D eigenvalue weighted by molar-refractivity contribution is 7.19. The van der Waals surface area contributed by atoms with Gasteiger partial charge in [-0.3, -0.25) is 0 Å². The van der Waals surface area contributed by atoms with Crippen molar-refractivity contribution in [1.82, 2.24) is 0 Å². The van der Waals surface area contributed by atoms with E-state index >= 15 is 0 Å². The Labute approximate surface area is 180 Å². The second-order valence-electron chi connectivity index (χ2n) is 8.21. The second kappa shape index (κ2) is 7.12. The maximum absolute atomic E-state index is 11.4. The van der Waals surface area contributed by atoms with Crippen molar-refractivity contribution in [2.45, 2.75) is 31.3 Å². The number of aliphatic hydroxyl groups is 2. The third kappa shape index (κ3) is 2.66. The molecule has 3 unspecified atom stereocenters. The molecule has 0 amide bonds. The molecule has 1 aliphatic carbocycles. The fourth-order valence-corrected chi connectivity index (χ4v) is 6.11. The van der Waals surface area contributed by atoms with Gasteiger partial charge in [0.2, 0.25) is 0 Å². The number of aryl methyl sites for hydroxylation is 1. The summed E-state index contributed by atoms with van der Waals surface area (Å²) in [6.45, 7) is 4.06. The van der Waals surface area contributed by atoms with Gasteiger partial charge in [-0.05, 0) is 42.0 Å². The minimum Gasteiger partial charge on any atom is -0.511 e. The summed E-state index contributed by atoms with van der Waals surface area (Å²) in [7, 11) is 0. The maximum Gasteiger partial charge on any atom is 0.108 e. The highest BCUT2D eigenvalue weighted by atomic mass is 32.1. The molecule has 1 aromatic heterocycles. The molecular formula is C27H24O2S. The molecule has 0 fully saturated rings. The topological polar surface area (TPSA) is 40.5 Å². The molecule has 1 heterocycles. The average Bonchev–Trinajstić information content (AvgIpc) is 3.13. The fraction of sp³-hybridized carbons (Fsp3) is 0.185. The van der Waals surface area contributed by atoms with E-state index in [-0.39, 0.29) is 11.7 Å². The van der Waals surface area contributed by atoms with Crippen molar-refractivity contribution < 1.29 is 10.2 Å². The number of benzene rings is 3. The summed E-state index contributed by atoms with van der Waals surface area (Å²) < 4.78 is 1.23. The smallest absolute Gasteiger partial charge is 0.108 e.